The highest BCUT2D eigenvalue weighted by Gasteiger charge is 2.08. The summed E-state index contributed by atoms with van der Waals surface area (Å²) in [7, 11) is 0. The van der Waals surface area contributed by atoms with Crippen LogP contribution in [0.3, 0.4) is 0 Å². The molecule has 1 heterocycles. The highest BCUT2D eigenvalue weighted by Crippen LogP contribution is 2.22. The maximum Gasteiger partial charge on any atom is 0.281 e. The molecule has 0 saturated heterocycles. The normalized spacial score (nSPS) is 11.5. The highest BCUT2D eigenvalue weighted by atomic mass is 79.9. The van der Waals surface area contributed by atoms with E-state index in [9.17, 15) is 9.59 Å². The number of amides is 1. The fraction of sp³-hybridized carbons (Fsp3) is 0. The van der Waals surface area contributed by atoms with Crippen LogP contribution in [0.4, 0.5) is 5.13 Å². The van der Waals surface area contributed by atoms with Gasteiger partial charge in [0.05, 0.1) is 5.39 Å². The minimum Gasteiger partial charge on any atom is -0.369 e. The molecule has 0 aliphatic heterocycles. The van der Waals surface area contributed by atoms with E-state index in [0.29, 0.717) is 10.9 Å². The van der Waals surface area contributed by atoms with E-state index in [1.807, 2.05) is 12.1 Å². The van der Waals surface area contributed by atoms with Gasteiger partial charge in [-0.3, -0.25) is 14.9 Å². The summed E-state index contributed by atoms with van der Waals surface area (Å²) in [6.45, 7) is 0. The van der Waals surface area contributed by atoms with Crippen molar-refractivity contribution >= 4 is 54.4 Å². The predicted octanol–water partition coefficient (Wildman–Crippen LogP) is 2.80. The SMILES string of the molecule is N/C(=N/c1nc(=O)c2ccccc2s1)NC(=O)c1cccc(Br)c1. The minimum atomic E-state index is -0.398. The van der Waals surface area contributed by atoms with Gasteiger partial charge in [-0.25, -0.2) is 0 Å². The molecule has 24 heavy (non-hydrogen) atoms. The molecule has 0 unspecified atom stereocenters. The van der Waals surface area contributed by atoms with E-state index in [2.05, 4.69) is 31.2 Å². The van der Waals surface area contributed by atoms with Crippen LogP contribution in [0.15, 0.2) is 62.8 Å². The molecule has 3 N–H and O–H groups in total. The Kier molecular flexibility index (Phi) is 4.68. The van der Waals surface area contributed by atoms with Crippen molar-refractivity contribution in [3.05, 3.63) is 68.9 Å². The Balaban J connectivity index is 1.86. The highest BCUT2D eigenvalue weighted by molar-refractivity contribution is 9.10. The van der Waals surface area contributed by atoms with Gasteiger partial charge in [0.15, 0.2) is 0 Å². The molecular formula is C16H11BrN4O2S. The van der Waals surface area contributed by atoms with E-state index in [1.54, 1.807) is 36.4 Å². The van der Waals surface area contributed by atoms with Gasteiger partial charge in [-0.2, -0.15) is 9.98 Å². The monoisotopic (exact) mass is 402 g/mol. The summed E-state index contributed by atoms with van der Waals surface area (Å²) in [6.07, 6.45) is 0. The van der Waals surface area contributed by atoms with E-state index in [1.165, 1.54) is 11.3 Å². The second kappa shape index (κ2) is 6.90. The predicted molar refractivity (Wildman–Crippen MR) is 98.8 cm³/mol. The summed E-state index contributed by atoms with van der Waals surface area (Å²) >= 11 is 4.51. The Hall–Kier alpha value is -2.58. The Labute approximate surface area is 149 Å². The van der Waals surface area contributed by atoms with E-state index in [4.69, 9.17) is 5.73 Å². The van der Waals surface area contributed by atoms with Crippen LogP contribution in [0.5, 0.6) is 0 Å². The summed E-state index contributed by atoms with van der Waals surface area (Å²) in [5.74, 6) is -0.524. The van der Waals surface area contributed by atoms with Gasteiger partial charge < -0.3 is 5.73 Å². The Morgan fingerprint density at radius 1 is 1.21 bits per heavy atom. The van der Waals surface area contributed by atoms with Crippen molar-refractivity contribution in [2.24, 2.45) is 10.7 Å². The molecule has 0 radical (unpaired) electrons. The Bertz CT molecular complexity index is 1020. The molecule has 2 aromatic carbocycles. The van der Waals surface area contributed by atoms with Crippen LogP contribution in [-0.4, -0.2) is 16.9 Å². The van der Waals surface area contributed by atoms with Gasteiger partial charge in [-0.15, -0.1) is 0 Å². The number of hydrogen-bond acceptors (Lipinski definition) is 5. The third kappa shape index (κ3) is 3.66. The number of nitrogens with one attached hydrogen (secondary N) is 1. The number of nitrogens with two attached hydrogens (primary N) is 1. The zero-order chi connectivity index (χ0) is 17.1. The second-order valence-electron chi connectivity index (χ2n) is 4.76. The van der Waals surface area contributed by atoms with E-state index in [0.717, 1.165) is 9.17 Å². The van der Waals surface area contributed by atoms with Crippen molar-refractivity contribution in [2.45, 2.75) is 0 Å². The lowest BCUT2D eigenvalue weighted by atomic mass is 10.2. The molecule has 1 amide bonds. The zero-order valence-corrected chi connectivity index (χ0v) is 14.6. The molecule has 3 rings (SSSR count). The van der Waals surface area contributed by atoms with Crippen LogP contribution < -0.4 is 16.6 Å². The average molecular weight is 403 g/mol. The summed E-state index contributed by atoms with van der Waals surface area (Å²) in [4.78, 5) is 31.9. The lowest BCUT2D eigenvalue weighted by molar-refractivity contribution is 0.0976. The summed E-state index contributed by atoms with van der Waals surface area (Å²) in [5, 5.41) is 3.18. The van der Waals surface area contributed by atoms with E-state index >= 15 is 0 Å². The fourth-order valence-corrected chi connectivity index (χ4v) is 3.28. The van der Waals surface area contributed by atoms with Gasteiger partial charge in [-0.05, 0) is 30.3 Å². The second-order valence-corrected chi connectivity index (χ2v) is 6.68. The Morgan fingerprint density at radius 2 is 2.00 bits per heavy atom. The molecule has 1 aromatic heterocycles. The molecule has 8 heteroatoms. The first-order chi connectivity index (χ1) is 11.5. The molecule has 0 saturated carbocycles. The van der Waals surface area contributed by atoms with Gasteiger partial charge in [-0.1, -0.05) is 45.5 Å². The number of guanidine groups is 1. The van der Waals surface area contributed by atoms with Crippen molar-refractivity contribution in [1.82, 2.24) is 10.3 Å². The van der Waals surface area contributed by atoms with Gasteiger partial charge in [0, 0.05) is 14.7 Å². The van der Waals surface area contributed by atoms with Crippen LogP contribution >= 0.6 is 27.3 Å². The molecule has 0 fully saturated rings. The molecule has 0 aliphatic rings. The van der Waals surface area contributed by atoms with Crippen LogP contribution in [0.25, 0.3) is 10.1 Å². The van der Waals surface area contributed by atoms with Crippen molar-refractivity contribution in [2.75, 3.05) is 0 Å². The molecule has 0 aliphatic carbocycles. The average Bonchev–Trinajstić information content (AvgIpc) is 2.54. The van der Waals surface area contributed by atoms with Crippen molar-refractivity contribution in [3.8, 4) is 0 Å². The standard InChI is InChI=1S/C16H11BrN4O2S/c17-10-5-3-4-9(8-10)13(22)19-15(18)21-16-20-14(23)11-6-1-2-7-12(11)24-16/h1-8H,(H3,18,19,20,21,22,23). The molecule has 120 valence electrons. The molecule has 0 spiro atoms. The third-order valence-electron chi connectivity index (χ3n) is 3.06. The van der Waals surface area contributed by atoms with Crippen LogP contribution in [0, 0.1) is 0 Å². The maximum absolute atomic E-state index is 12.1. The van der Waals surface area contributed by atoms with Crippen molar-refractivity contribution in [1.29, 1.82) is 0 Å². The van der Waals surface area contributed by atoms with Crippen molar-refractivity contribution < 1.29 is 4.79 Å². The lowest BCUT2D eigenvalue weighted by Crippen LogP contribution is -2.36. The molecule has 0 bridgehead atoms. The lowest BCUT2D eigenvalue weighted by Gasteiger charge is -2.04. The zero-order valence-electron chi connectivity index (χ0n) is 12.2. The number of carbonyl (C=O) groups is 1. The summed E-state index contributed by atoms with van der Waals surface area (Å²) in [5.41, 5.74) is 5.80. The number of aromatic nitrogens is 1. The first kappa shape index (κ1) is 16.3. The number of aliphatic imine (C=N–C) groups is 1. The molecular weight excluding hydrogens is 392 g/mol. The van der Waals surface area contributed by atoms with E-state index < -0.39 is 5.91 Å². The summed E-state index contributed by atoms with van der Waals surface area (Å²) in [6, 6.07) is 14.0. The van der Waals surface area contributed by atoms with Gasteiger partial charge in [0.2, 0.25) is 11.1 Å². The number of carbonyl (C=O) groups excluding carboxylic acids is 1. The maximum atomic E-state index is 12.1. The first-order valence-corrected chi connectivity index (χ1v) is 8.45. The minimum absolute atomic E-state index is 0.126. The largest absolute Gasteiger partial charge is 0.369 e. The van der Waals surface area contributed by atoms with Crippen molar-refractivity contribution in [3.63, 3.8) is 0 Å². The molecule has 3 aromatic rings. The first-order valence-electron chi connectivity index (χ1n) is 6.84. The number of rotatable bonds is 2. The number of halogens is 1. The van der Waals surface area contributed by atoms with Gasteiger partial charge >= 0.3 is 0 Å². The number of hydrogen-bond donors (Lipinski definition) is 2. The Morgan fingerprint density at radius 3 is 2.79 bits per heavy atom. The van der Waals surface area contributed by atoms with Gasteiger partial charge in [0.1, 0.15) is 0 Å². The number of fused-ring (bicyclic) bond motifs is 1. The third-order valence-corrected chi connectivity index (χ3v) is 4.49. The quantitative estimate of drug-likeness (QED) is 0.508. The molecule has 0 atom stereocenters. The number of benzene rings is 2. The molecule has 6 nitrogen and oxygen atoms in total. The van der Waals surface area contributed by atoms with E-state index in [-0.39, 0.29) is 16.7 Å². The van der Waals surface area contributed by atoms with Crippen LogP contribution in [-0.2, 0) is 0 Å². The smallest absolute Gasteiger partial charge is 0.281 e. The number of nitrogens with zero attached hydrogens (tertiary/aromatic N) is 2. The van der Waals surface area contributed by atoms with Crippen LogP contribution in [0.1, 0.15) is 10.4 Å². The van der Waals surface area contributed by atoms with Gasteiger partial charge in [0.25, 0.3) is 11.5 Å². The summed E-state index contributed by atoms with van der Waals surface area (Å²) < 4.78 is 1.53. The van der Waals surface area contributed by atoms with Crippen LogP contribution in [0.2, 0.25) is 0 Å². The topological polar surface area (TPSA) is 97.4 Å². The fourth-order valence-electron chi connectivity index (χ4n) is 2.00.